The van der Waals surface area contributed by atoms with Crippen LogP contribution in [0.4, 0.5) is 4.39 Å². The van der Waals surface area contributed by atoms with E-state index in [1.807, 2.05) is 20.8 Å². The molecule has 0 spiro atoms. The molecular weight excluding hydrogens is 1010 g/mol. The minimum Gasteiger partial charge on any atom is -0.389 e. The second-order valence-corrected chi connectivity index (χ2v) is 39.3. The Labute approximate surface area is 376 Å². The van der Waals surface area contributed by atoms with Gasteiger partial charge in [0.2, 0.25) is 0 Å². The summed E-state index contributed by atoms with van der Waals surface area (Å²) in [7, 11) is 0. The van der Waals surface area contributed by atoms with Crippen LogP contribution in [0, 0.1) is 0 Å². The SMILES string of the molecule is C.C=P(C)(C)CC[C@H]1O[C@@H](C)C(Br)[C@@H]1O.C=P(C)(C)CC[C@H]1O[C@@H](C)C(Cl)[C@@H]1O.C=P(C)(C)CC[C@H]1O[C@@H](C)C(F)[C@@H]1O.C=P(C)(C)CC[C@H]1O[C@@H](C)C(I)[C@@H]1O. The molecule has 4 aliphatic heterocycles. The molecule has 0 aliphatic carbocycles. The molecule has 0 bridgehead atoms. The largest absolute Gasteiger partial charge is 0.389 e. The van der Waals surface area contributed by atoms with Crippen molar-refractivity contribution in [2.45, 2.75) is 154 Å². The highest BCUT2D eigenvalue weighted by atomic mass is 127. The third kappa shape index (κ3) is 22.7. The number of alkyl halides is 4. The second-order valence-electron chi connectivity index (χ2n) is 19.1. The first-order valence-electron chi connectivity index (χ1n) is 19.8. The maximum atomic E-state index is 13.2. The Kier molecular flexibility index (Phi) is 26.8. The smallest absolute Gasteiger partial charge is 0.154 e. The van der Waals surface area contributed by atoms with Crippen LogP contribution in [0.2, 0.25) is 0 Å². The van der Waals surface area contributed by atoms with Crippen LogP contribution >= 0.6 is 77.7 Å². The number of hydrogen-bond donors (Lipinski definition) is 4. The molecule has 4 saturated heterocycles. The highest BCUT2D eigenvalue weighted by Crippen LogP contribution is 2.41. The van der Waals surface area contributed by atoms with Crippen molar-refractivity contribution in [2.75, 3.05) is 78.0 Å². The zero-order valence-corrected chi connectivity index (χ0v) is 44.5. The number of hydrogen-bond acceptors (Lipinski definition) is 8. The maximum Gasteiger partial charge on any atom is 0.154 e. The van der Waals surface area contributed by atoms with Gasteiger partial charge in [-0.3, -0.25) is 0 Å². The van der Waals surface area contributed by atoms with E-state index < -0.39 is 52.0 Å². The van der Waals surface area contributed by atoms with E-state index in [1.165, 1.54) is 0 Å². The van der Waals surface area contributed by atoms with Gasteiger partial charge in [0.1, 0.15) is 6.10 Å². The fraction of sp³-hybridized carbons (Fsp3) is 0.902. The van der Waals surface area contributed by atoms with Crippen molar-refractivity contribution < 1.29 is 43.8 Å². The molecule has 4 fully saturated rings. The van der Waals surface area contributed by atoms with Crippen molar-refractivity contribution in [3.8, 4) is 0 Å². The summed E-state index contributed by atoms with van der Waals surface area (Å²) >= 11 is 11.7. The van der Waals surface area contributed by atoms with Gasteiger partial charge in [0, 0.05) is 0 Å². The Morgan fingerprint density at radius 3 is 1.09 bits per heavy atom. The summed E-state index contributed by atoms with van der Waals surface area (Å²) in [5.74, 6) is 0. The molecule has 57 heavy (non-hydrogen) atoms. The van der Waals surface area contributed by atoms with E-state index in [9.17, 15) is 24.8 Å². The van der Waals surface area contributed by atoms with Crippen molar-refractivity contribution in [3.63, 3.8) is 0 Å². The predicted molar refractivity (Wildman–Crippen MR) is 275 cm³/mol. The Morgan fingerprint density at radius 1 is 0.544 bits per heavy atom. The molecule has 0 aromatic rings. The second kappa shape index (κ2) is 25.7. The molecule has 344 valence electrons. The molecule has 4 rings (SSSR count). The molecule has 16 atom stereocenters. The first-order valence-corrected chi connectivity index (χ1v) is 34.7. The molecule has 0 saturated carbocycles. The van der Waals surface area contributed by atoms with E-state index in [2.05, 4.69) is 117 Å². The number of halogens is 4. The van der Waals surface area contributed by atoms with E-state index in [0.717, 1.165) is 50.3 Å². The summed E-state index contributed by atoms with van der Waals surface area (Å²) in [5, 5.41) is 38.7. The van der Waals surface area contributed by atoms with Crippen molar-refractivity contribution in [1.82, 2.24) is 0 Å². The van der Waals surface area contributed by atoms with Crippen molar-refractivity contribution in [3.05, 3.63) is 0 Å². The number of ether oxygens (including phenoxy) is 4. The van der Waals surface area contributed by atoms with Crippen molar-refractivity contribution in [2.24, 2.45) is 0 Å². The molecule has 0 amide bonds. The molecular formula is C41H84BrClFIO8P4. The average Bonchev–Trinajstić information content (AvgIpc) is 3.66. The quantitative estimate of drug-likeness (QED) is 0.0882. The van der Waals surface area contributed by atoms with Gasteiger partial charge in [-0.05, 0) is 131 Å². The topological polar surface area (TPSA) is 118 Å². The molecule has 4 unspecified atom stereocenters. The molecule has 4 aliphatic rings. The van der Waals surface area contributed by atoms with Crippen LogP contribution in [-0.4, -0.2) is 217 Å². The maximum absolute atomic E-state index is 13.2. The Hall–Kier alpha value is 2.31. The fourth-order valence-electron chi connectivity index (χ4n) is 6.52. The van der Waals surface area contributed by atoms with Gasteiger partial charge < -0.3 is 39.4 Å². The lowest BCUT2D eigenvalue weighted by atomic mass is 10.1. The summed E-state index contributed by atoms with van der Waals surface area (Å²) < 4.78 is 35.8. The van der Waals surface area contributed by atoms with Crippen LogP contribution in [-0.2, 0) is 18.9 Å². The molecule has 4 N–H and O–H groups in total. The predicted octanol–water partition coefficient (Wildman–Crippen LogP) is 8.08. The van der Waals surface area contributed by atoms with Gasteiger partial charge >= 0.3 is 0 Å². The van der Waals surface area contributed by atoms with E-state index in [1.54, 1.807) is 6.92 Å². The van der Waals surface area contributed by atoms with Gasteiger partial charge in [-0.25, -0.2) is 4.39 Å². The molecule has 0 aromatic carbocycles. The lowest BCUT2D eigenvalue weighted by molar-refractivity contribution is 0.0150. The summed E-state index contributed by atoms with van der Waals surface area (Å²) in [6, 6.07) is 0. The molecule has 4 heterocycles. The lowest BCUT2D eigenvalue weighted by Gasteiger charge is -2.18. The van der Waals surface area contributed by atoms with Crippen LogP contribution < -0.4 is 0 Å². The van der Waals surface area contributed by atoms with Crippen LogP contribution in [0.5, 0.6) is 0 Å². The third-order valence-electron chi connectivity index (χ3n) is 10.3. The average molecular weight is 1090 g/mol. The zero-order chi connectivity index (χ0) is 43.7. The Balaban J connectivity index is 0.000000729. The fourth-order valence-corrected chi connectivity index (χ4v) is 11.7. The molecule has 0 radical (unpaired) electrons. The first-order chi connectivity index (χ1) is 25.2. The molecule has 8 nitrogen and oxygen atoms in total. The summed E-state index contributed by atoms with van der Waals surface area (Å²) in [5.41, 5.74) is 0. The normalized spacial score (nSPS) is 38.2. The third-order valence-corrected chi connectivity index (χ3v) is 19.8. The number of aliphatic hydroxyl groups is 4. The summed E-state index contributed by atoms with van der Waals surface area (Å²) in [6.45, 7) is 21.0. The Bertz CT molecular complexity index is 1160. The van der Waals surface area contributed by atoms with Gasteiger partial charge in [-0.1, -0.05) is 45.9 Å². The standard InChI is InChI=1S/C10H20BrO2P.C10H20ClO2P.C10H20FO2P.C10H20IO2P.CH4/c4*1-7-9(11)10(12)8(13-7)5-6-14(2,3)4;/h4*7-10,12H,2,5-6H2,1,3-4H3;1H4/t4*7-,8+,9?,10+;/m0000./s1. The van der Waals surface area contributed by atoms with Crippen molar-refractivity contribution in [1.29, 1.82) is 0 Å². The van der Waals surface area contributed by atoms with E-state index in [-0.39, 0.29) is 76.5 Å². The van der Waals surface area contributed by atoms with Crippen molar-refractivity contribution >= 4 is 103 Å². The molecule has 16 heteroatoms. The van der Waals surface area contributed by atoms with Gasteiger partial charge in [0.25, 0.3) is 0 Å². The summed E-state index contributed by atoms with van der Waals surface area (Å²) in [6.07, 6.45) is 20.2. The van der Waals surface area contributed by atoms with Crippen LogP contribution in [0.1, 0.15) is 60.8 Å². The van der Waals surface area contributed by atoms with Crippen LogP contribution in [0.3, 0.4) is 0 Å². The van der Waals surface area contributed by atoms with E-state index in [4.69, 9.17) is 30.5 Å². The van der Waals surface area contributed by atoms with Gasteiger partial charge in [0.15, 0.2) is 6.17 Å². The number of rotatable bonds is 12. The monoisotopic (exact) mass is 1090 g/mol. The zero-order valence-electron chi connectivity index (χ0n) is 36.4. The van der Waals surface area contributed by atoms with Crippen LogP contribution in [0.15, 0.2) is 0 Å². The summed E-state index contributed by atoms with van der Waals surface area (Å²) in [4.78, 5) is 0.0822. The molecule has 0 aromatic heterocycles. The minimum absolute atomic E-state index is 0. The highest BCUT2D eigenvalue weighted by molar-refractivity contribution is 14.1. The lowest BCUT2D eigenvalue weighted by Crippen LogP contribution is -2.28. The number of aliphatic hydroxyl groups excluding tert-OH is 4. The van der Waals surface area contributed by atoms with Gasteiger partial charge in [-0.2, -0.15) is 0 Å². The Morgan fingerprint density at radius 2 is 0.842 bits per heavy atom. The van der Waals surface area contributed by atoms with E-state index in [0.29, 0.717) is 0 Å². The van der Waals surface area contributed by atoms with Crippen LogP contribution in [0.25, 0.3) is 0 Å². The van der Waals surface area contributed by atoms with Gasteiger partial charge in [0.05, 0.1) is 81.3 Å². The van der Waals surface area contributed by atoms with Gasteiger partial charge in [-0.15, -0.1) is 64.3 Å². The first kappa shape index (κ1) is 59.3. The van der Waals surface area contributed by atoms with E-state index >= 15 is 0 Å². The highest BCUT2D eigenvalue weighted by Gasteiger charge is 2.42. The minimum atomic E-state index is -1.23.